The Morgan fingerprint density at radius 2 is 1.84 bits per heavy atom. The van der Waals surface area contributed by atoms with E-state index in [2.05, 4.69) is 4.98 Å². The van der Waals surface area contributed by atoms with Gasteiger partial charge in [0.15, 0.2) is 0 Å². The third kappa shape index (κ3) is 4.25. The first-order valence-electron chi connectivity index (χ1n) is 10.6. The van der Waals surface area contributed by atoms with Gasteiger partial charge in [-0.1, -0.05) is 0 Å². The van der Waals surface area contributed by atoms with Crippen LogP contribution in [0.2, 0.25) is 0 Å². The zero-order chi connectivity index (χ0) is 23.0. The summed E-state index contributed by atoms with van der Waals surface area (Å²) in [6, 6.07) is 7.84. The molecule has 1 saturated carbocycles. The summed E-state index contributed by atoms with van der Waals surface area (Å²) >= 11 is 0. The molecule has 170 valence electrons. The van der Waals surface area contributed by atoms with E-state index in [-0.39, 0.29) is 43.0 Å². The first-order chi connectivity index (χ1) is 15.3. The number of aromatic nitrogens is 1. The van der Waals surface area contributed by atoms with Crippen LogP contribution in [-0.2, 0) is 4.79 Å². The molecule has 4 rings (SSSR count). The van der Waals surface area contributed by atoms with Gasteiger partial charge in [-0.15, -0.1) is 0 Å². The van der Waals surface area contributed by atoms with Crippen LogP contribution in [0.5, 0.6) is 0 Å². The molecule has 1 amide bonds. The number of carbonyl (C=O) groups excluding carboxylic acids is 1. The first kappa shape index (κ1) is 22.4. The van der Waals surface area contributed by atoms with Crippen LogP contribution in [0.25, 0.3) is 22.2 Å². The van der Waals surface area contributed by atoms with E-state index in [1.165, 1.54) is 23.1 Å². The second kappa shape index (κ2) is 8.96. The van der Waals surface area contributed by atoms with E-state index in [4.69, 9.17) is 0 Å². The van der Waals surface area contributed by atoms with Gasteiger partial charge in [-0.05, 0) is 67.1 Å². The van der Waals surface area contributed by atoms with E-state index in [1.54, 1.807) is 19.1 Å². The second-order valence-electron chi connectivity index (χ2n) is 8.45. The molecule has 1 aliphatic rings. The van der Waals surface area contributed by atoms with E-state index >= 15 is 0 Å². The summed E-state index contributed by atoms with van der Waals surface area (Å²) in [7, 11) is 0. The molecule has 1 aliphatic carbocycles. The van der Waals surface area contributed by atoms with Gasteiger partial charge >= 0.3 is 0 Å². The summed E-state index contributed by atoms with van der Waals surface area (Å²) in [4.78, 5) is 17.3. The number of nitrogens with zero attached hydrogens (tertiary/aromatic N) is 1. The van der Waals surface area contributed by atoms with Crippen molar-refractivity contribution in [1.29, 1.82) is 0 Å². The summed E-state index contributed by atoms with van der Waals surface area (Å²) in [5, 5.41) is 19.3. The van der Waals surface area contributed by atoms with Crippen LogP contribution in [0.4, 0.5) is 13.2 Å². The third-order valence-corrected chi connectivity index (χ3v) is 6.06. The molecule has 32 heavy (non-hydrogen) atoms. The minimum absolute atomic E-state index is 0.124. The fraction of sp³-hybridized carbons (Fsp3) is 0.375. The van der Waals surface area contributed by atoms with Gasteiger partial charge in [-0.25, -0.2) is 13.2 Å². The van der Waals surface area contributed by atoms with Gasteiger partial charge in [0, 0.05) is 30.5 Å². The number of fused-ring (bicyclic) bond motifs is 1. The topological polar surface area (TPSA) is 76.6 Å². The molecule has 1 aromatic heterocycles. The standard InChI is InChI=1S/C24H25F3N2O3/c1-13(31)12-29(6-7-30)24(32)16-8-15(9-16)21-19-10-18(26)11-20(27)23(19)28-22(21)14-2-4-17(25)5-3-14/h2-5,10-11,13,15-16,28,30-31H,6-9,12H2,1H3. The van der Waals surface area contributed by atoms with Gasteiger partial charge in [0.1, 0.15) is 17.5 Å². The van der Waals surface area contributed by atoms with Gasteiger partial charge in [-0.3, -0.25) is 4.79 Å². The fourth-order valence-electron chi connectivity index (χ4n) is 4.55. The van der Waals surface area contributed by atoms with E-state index < -0.39 is 23.6 Å². The first-order valence-corrected chi connectivity index (χ1v) is 10.6. The summed E-state index contributed by atoms with van der Waals surface area (Å²) in [5.41, 5.74) is 2.10. The predicted molar refractivity (Wildman–Crippen MR) is 114 cm³/mol. The zero-order valence-electron chi connectivity index (χ0n) is 17.6. The van der Waals surface area contributed by atoms with Crippen LogP contribution in [0.1, 0.15) is 31.2 Å². The SMILES string of the molecule is CC(O)CN(CCO)C(=O)C1CC(c2c(-c3ccc(F)cc3)[nH]c3c(F)cc(F)cc23)C1. The van der Waals surface area contributed by atoms with Crippen LogP contribution in [0, 0.1) is 23.4 Å². The summed E-state index contributed by atoms with van der Waals surface area (Å²) < 4.78 is 41.9. The monoisotopic (exact) mass is 446 g/mol. The number of aliphatic hydroxyl groups is 2. The molecule has 2 aromatic carbocycles. The van der Waals surface area contributed by atoms with Crippen LogP contribution < -0.4 is 0 Å². The minimum atomic E-state index is -0.717. The Bertz CT molecular complexity index is 1120. The van der Waals surface area contributed by atoms with Crippen LogP contribution in [0.3, 0.4) is 0 Å². The van der Waals surface area contributed by atoms with Gasteiger partial charge in [0.05, 0.1) is 23.9 Å². The molecule has 3 N–H and O–H groups in total. The highest BCUT2D eigenvalue weighted by atomic mass is 19.1. The van der Waals surface area contributed by atoms with Crippen molar-refractivity contribution >= 4 is 16.8 Å². The third-order valence-electron chi connectivity index (χ3n) is 6.06. The largest absolute Gasteiger partial charge is 0.395 e. The van der Waals surface area contributed by atoms with Crippen molar-refractivity contribution in [3.8, 4) is 11.3 Å². The number of amides is 1. The molecular weight excluding hydrogens is 421 g/mol. The Kier molecular flexibility index (Phi) is 6.26. The van der Waals surface area contributed by atoms with Crippen molar-refractivity contribution in [1.82, 2.24) is 9.88 Å². The normalized spacial score (nSPS) is 19.1. The molecule has 1 atom stereocenters. The Balaban J connectivity index is 1.66. The maximum Gasteiger partial charge on any atom is 0.225 e. The molecular formula is C24H25F3N2O3. The van der Waals surface area contributed by atoms with Crippen molar-refractivity contribution in [3.05, 3.63) is 59.4 Å². The fourth-order valence-corrected chi connectivity index (χ4v) is 4.55. The maximum absolute atomic E-state index is 14.5. The smallest absolute Gasteiger partial charge is 0.225 e. The van der Waals surface area contributed by atoms with Crippen LogP contribution in [0.15, 0.2) is 36.4 Å². The van der Waals surface area contributed by atoms with Crippen molar-refractivity contribution in [2.45, 2.75) is 31.8 Å². The van der Waals surface area contributed by atoms with Crippen molar-refractivity contribution in [2.75, 3.05) is 19.7 Å². The Morgan fingerprint density at radius 1 is 1.16 bits per heavy atom. The molecule has 0 bridgehead atoms. The highest BCUT2D eigenvalue weighted by Crippen LogP contribution is 2.48. The summed E-state index contributed by atoms with van der Waals surface area (Å²) in [5.74, 6) is -2.40. The van der Waals surface area contributed by atoms with Crippen LogP contribution in [-0.4, -0.2) is 51.8 Å². The number of aliphatic hydroxyl groups excluding tert-OH is 2. The lowest BCUT2D eigenvalue weighted by molar-refractivity contribution is -0.140. The number of benzene rings is 2. The molecule has 0 aliphatic heterocycles. The van der Waals surface area contributed by atoms with Gasteiger partial charge in [0.25, 0.3) is 0 Å². The number of rotatable bonds is 7. The van der Waals surface area contributed by atoms with Crippen LogP contribution >= 0.6 is 0 Å². The Hall–Kier alpha value is -2.84. The number of H-pyrrole nitrogens is 1. The number of aromatic amines is 1. The van der Waals surface area contributed by atoms with Gasteiger partial charge in [-0.2, -0.15) is 0 Å². The molecule has 1 heterocycles. The lowest BCUT2D eigenvalue weighted by atomic mass is 9.69. The van der Waals surface area contributed by atoms with Gasteiger partial charge < -0.3 is 20.1 Å². The summed E-state index contributed by atoms with van der Waals surface area (Å²) in [6.45, 7) is 1.63. The highest BCUT2D eigenvalue weighted by Gasteiger charge is 2.40. The number of hydrogen-bond donors (Lipinski definition) is 3. The predicted octanol–water partition coefficient (Wildman–Crippen LogP) is 3.95. The lowest BCUT2D eigenvalue weighted by Crippen LogP contribution is -2.45. The highest BCUT2D eigenvalue weighted by molar-refractivity contribution is 5.92. The van der Waals surface area contributed by atoms with Crippen molar-refractivity contribution in [2.24, 2.45) is 5.92 Å². The average Bonchev–Trinajstić information content (AvgIpc) is 3.06. The molecule has 5 nitrogen and oxygen atoms in total. The maximum atomic E-state index is 14.5. The molecule has 1 fully saturated rings. The molecule has 0 spiro atoms. The van der Waals surface area contributed by atoms with E-state index in [9.17, 15) is 28.2 Å². The molecule has 1 unspecified atom stereocenters. The number of halogens is 3. The molecule has 0 radical (unpaired) electrons. The number of carbonyl (C=O) groups is 1. The van der Waals surface area contributed by atoms with E-state index in [0.29, 0.717) is 35.0 Å². The zero-order valence-corrected chi connectivity index (χ0v) is 17.6. The molecule has 3 aromatic rings. The Morgan fingerprint density at radius 3 is 2.47 bits per heavy atom. The number of hydrogen-bond acceptors (Lipinski definition) is 3. The Labute approximate surface area is 183 Å². The van der Waals surface area contributed by atoms with Crippen molar-refractivity contribution in [3.63, 3.8) is 0 Å². The van der Waals surface area contributed by atoms with E-state index in [1.807, 2.05) is 0 Å². The van der Waals surface area contributed by atoms with Gasteiger partial charge in [0.2, 0.25) is 5.91 Å². The number of nitrogens with one attached hydrogen (secondary N) is 1. The quantitative estimate of drug-likeness (QED) is 0.515. The molecule has 8 heteroatoms. The lowest BCUT2D eigenvalue weighted by Gasteiger charge is -2.38. The molecule has 0 saturated heterocycles. The average molecular weight is 446 g/mol. The van der Waals surface area contributed by atoms with Crippen molar-refractivity contribution < 1.29 is 28.2 Å². The van der Waals surface area contributed by atoms with E-state index in [0.717, 1.165) is 6.07 Å². The minimum Gasteiger partial charge on any atom is -0.395 e. The second-order valence-corrected chi connectivity index (χ2v) is 8.45. The summed E-state index contributed by atoms with van der Waals surface area (Å²) in [6.07, 6.45) is 0.228.